The number of nitrogen functional groups attached to an aromatic ring is 1. The molecule has 0 saturated heterocycles. The zero-order valence-corrected chi connectivity index (χ0v) is 7.80. The number of aliphatic hydroxyl groups excluding tert-OH is 1. The molecular formula is C9H12N2O3. The number of aromatic nitrogens is 1. The van der Waals surface area contributed by atoms with Crippen LogP contribution in [0.2, 0.25) is 0 Å². The van der Waals surface area contributed by atoms with Crippen molar-refractivity contribution >= 4 is 11.7 Å². The van der Waals surface area contributed by atoms with Gasteiger partial charge in [-0.2, -0.15) is 0 Å². The summed E-state index contributed by atoms with van der Waals surface area (Å²) in [5, 5.41) is 9.51. The van der Waals surface area contributed by atoms with E-state index in [1.54, 1.807) is 6.92 Å². The zero-order chi connectivity index (χ0) is 10.6. The lowest BCUT2D eigenvalue weighted by Gasteiger charge is -2.10. The van der Waals surface area contributed by atoms with Crippen LogP contribution in [0.15, 0.2) is 18.5 Å². The van der Waals surface area contributed by atoms with Crippen LogP contribution < -0.4 is 5.73 Å². The fraction of sp³-hybridized carbons (Fsp3) is 0.333. The van der Waals surface area contributed by atoms with Gasteiger partial charge in [-0.3, -0.25) is 4.98 Å². The Morgan fingerprint density at radius 3 is 3.07 bits per heavy atom. The van der Waals surface area contributed by atoms with Gasteiger partial charge in [0.15, 0.2) is 6.10 Å². The Morgan fingerprint density at radius 2 is 2.50 bits per heavy atom. The van der Waals surface area contributed by atoms with Gasteiger partial charge in [-0.1, -0.05) is 0 Å². The van der Waals surface area contributed by atoms with Gasteiger partial charge < -0.3 is 15.6 Å². The number of esters is 1. The number of hydrogen-bond acceptors (Lipinski definition) is 5. The lowest BCUT2D eigenvalue weighted by Crippen LogP contribution is -2.16. The second-order valence-electron chi connectivity index (χ2n) is 2.66. The van der Waals surface area contributed by atoms with Crippen molar-refractivity contribution in [3.8, 4) is 0 Å². The van der Waals surface area contributed by atoms with Crippen LogP contribution in [0.4, 0.5) is 5.69 Å². The summed E-state index contributed by atoms with van der Waals surface area (Å²) in [7, 11) is 0. The lowest BCUT2D eigenvalue weighted by atomic mass is 10.1. The summed E-state index contributed by atoms with van der Waals surface area (Å²) >= 11 is 0. The summed E-state index contributed by atoms with van der Waals surface area (Å²) in [5.41, 5.74) is 6.14. The van der Waals surface area contributed by atoms with Gasteiger partial charge >= 0.3 is 5.97 Å². The number of carbonyl (C=O) groups is 1. The van der Waals surface area contributed by atoms with Crippen molar-refractivity contribution in [2.45, 2.75) is 13.0 Å². The second kappa shape index (κ2) is 4.57. The molecule has 0 aliphatic heterocycles. The molecule has 0 radical (unpaired) electrons. The van der Waals surface area contributed by atoms with Crippen molar-refractivity contribution in [3.05, 3.63) is 24.0 Å². The molecule has 0 amide bonds. The molecule has 5 heteroatoms. The van der Waals surface area contributed by atoms with Gasteiger partial charge in [0, 0.05) is 23.6 Å². The third-order valence-corrected chi connectivity index (χ3v) is 1.69. The highest BCUT2D eigenvalue weighted by molar-refractivity contribution is 5.78. The Kier molecular flexibility index (Phi) is 3.41. The molecule has 0 saturated carbocycles. The number of pyridine rings is 1. The van der Waals surface area contributed by atoms with Crippen LogP contribution in [0.25, 0.3) is 0 Å². The highest BCUT2D eigenvalue weighted by Crippen LogP contribution is 2.19. The molecule has 0 aliphatic rings. The van der Waals surface area contributed by atoms with E-state index in [2.05, 4.69) is 9.72 Å². The quantitative estimate of drug-likeness (QED) is 0.677. The second-order valence-corrected chi connectivity index (χ2v) is 2.66. The van der Waals surface area contributed by atoms with E-state index in [4.69, 9.17) is 5.73 Å². The van der Waals surface area contributed by atoms with Crippen LogP contribution in [0.5, 0.6) is 0 Å². The minimum Gasteiger partial charge on any atom is -0.464 e. The van der Waals surface area contributed by atoms with Crippen LogP contribution >= 0.6 is 0 Å². The van der Waals surface area contributed by atoms with Gasteiger partial charge in [-0.25, -0.2) is 4.79 Å². The van der Waals surface area contributed by atoms with E-state index < -0.39 is 12.1 Å². The average molecular weight is 196 g/mol. The van der Waals surface area contributed by atoms with Crippen molar-refractivity contribution in [3.63, 3.8) is 0 Å². The number of hydrogen-bond donors (Lipinski definition) is 2. The number of aliphatic hydroxyl groups is 1. The maximum Gasteiger partial charge on any atom is 0.339 e. The minimum atomic E-state index is -1.36. The molecule has 0 bridgehead atoms. The Labute approximate surface area is 81.5 Å². The maximum atomic E-state index is 11.1. The van der Waals surface area contributed by atoms with Crippen molar-refractivity contribution in [2.24, 2.45) is 0 Å². The number of nitrogens with zero attached hydrogens (tertiary/aromatic N) is 1. The molecule has 0 fully saturated rings. The van der Waals surface area contributed by atoms with Gasteiger partial charge in [-0.15, -0.1) is 0 Å². The first-order valence-corrected chi connectivity index (χ1v) is 4.21. The summed E-state index contributed by atoms with van der Waals surface area (Å²) < 4.78 is 4.64. The fourth-order valence-electron chi connectivity index (χ4n) is 0.994. The molecule has 1 unspecified atom stereocenters. The highest BCUT2D eigenvalue weighted by atomic mass is 16.5. The summed E-state index contributed by atoms with van der Waals surface area (Å²) in [5.74, 6) is -0.716. The number of nitrogens with two attached hydrogens (primary N) is 1. The number of carbonyl (C=O) groups excluding carboxylic acids is 1. The molecule has 0 spiro atoms. The number of ether oxygens (including phenoxy) is 1. The van der Waals surface area contributed by atoms with Gasteiger partial charge in [0.05, 0.1) is 6.61 Å². The molecular weight excluding hydrogens is 184 g/mol. The van der Waals surface area contributed by atoms with Crippen LogP contribution in [-0.4, -0.2) is 22.7 Å². The maximum absolute atomic E-state index is 11.1. The van der Waals surface area contributed by atoms with E-state index in [0.717, 1.165) is 0 Å². The molecule has 1 aromatic rings. The van der Waals surface area contributed by atoms with Crippen molar-refractivity contribution in [1.29, 1.82) is 0 Å². The number of anilines is 1. The third-order valence-electron chi connectivity index (χ3n) is 1.69. The van der Waals surface area contributed by atoms with Crippen LogP contribution in [0.1, 0.15) is 18.6 Å². The van der Waals surface area contributed by atoms with Crippen LogP contribution in [0.3, 0.4) is 0 Å². The molecule has 3 N–H and O–H groups in total. The van der Waals surface area contributed by atoms with Gasteiger partial charge in [0.2, 0.25) is 0 Å². The van der Waals surface area contributed by atoms with Gasteiger partial charge in [-0.05, 0) is 13.0 Å². The van der Waals surface area contributed by atoms with Crippen LogP contribution in [-0.2, 0) is 9.53 Å². The zero-order valence-electron chi connectivity index (χ0n) is 7.80. The summed E-state index contributed by atoms with van der Waals surface area (Å²) in [6.45, 7) is 1.88. The van der Waals surface area contributed by atoms with Crippen molar-refractivity contribution in [1.82, 2.24) is 4.98 Å². The van der Waals surface area contributed by atoms with E-state index in [1.165, 1.54) is 18.5 Å². The predicted octanol–water partition coefficient (Wildman–Crippen LogP) is 0.260. The number of rotatable bonds is 3. The summed E-state index contributed by atoms with van der Waals surface area (Å²) in [6, 6.07) is 1.51. The molecule has 14 heavy (non-hydrogen) atoms. The first kappa shape index (κ1) is 10.5. The van der Waals surface area contributed by atoms with E-state index in [0.29, 0.717) is 5.69 Å². The molecule has 0 aromatic carbocycles. The van der Waals surface area contributed by atoms with Crippen molar-refractivity contribution < 1.29 is 14.6 Å². The molecule has 1 atom stereocenters. The van der Waals surface area contributed by atoms with Crippen LogP contribution in [0, 0.1) is 0 Å². The largest absolute Gasteiger partial charge is 0.464 e. The Bertz CT molecular complexity index is 328. The first-order valence-electron chi connectivity index (χ1n) is 4.21. The smallest absolute Gasteiger partial charge is 0.339 e. The van der Waals surface area contributed by atoms with E-state index >= 15 is 0 Å². The molecule has 76 valence electrons. The van der Waals surface area contributed by atoms with E-state index in [9.17, 15) is 9.90 Å². The third kappa shape index (κ3) is 2.20. The average Bonchev–Trinajstić information content (AvgIpc) is 2.18. The van der Waals surface area contributed by atoms with Crippen molar-refractivity contribution in [2.75, 3.05) is 12.3 Å². The molecule has 1 aromatic heterocycles. The molecule has 1 rings (SSSR count). The normalized spacial score (nSPS) is 12.1. The minimum absolute atomic E-state index is 0.218. The van der Waals surface area contributed by atoms with Gasteiger partial charge in [0.25, 0.3) is 0 Å². The fourth-order valence-corrected chi connectivity index (χ4v) is 0.994. The topological polar surface area (TPSA) is 85.4 Å². The standard InChI is InChI=1S/C9H12N2O3/c1-2-14-9(13)8(12)6-5-11-4-3-7(6)10/h3-5,8,12H,2H2,1H3,(H2,10,11). The predicted molar refractivity (Wildman–Crippen MR) is 50.2 cm³/mol. The SMILES string of the molecule is CCOC(=O)C(O)c1cnccc1N. The summed E-state index contributed by atoms with van der Waals surface area (Å²) in [6.07, 6.45) is 1.47. The highest BCUT2D eigenvalue weighted by Gasteiger charge is 2.20. The Balaban J connectivity index is 2.84. The summed E-state index contributed by atoms with van der Waals surface area (Å²) in [4.78, 5) is 14.9. The monoisotopic (exact) mass is 196 g/mol. The Hall–Kier alpha value is -1.62. The molecule has 5 nitrogen and oxygen atoms in total. The van der Waals surface area contributed by atoms with E-state index in [-0.39, 0.29) is 12.2 Å². The lowest BCUT2D eigenvalue weighted by molar-refractivity contribution is -0.153. The molecule has 0 aliphatic carbocycles. The van der Waals surface area contributed by atoms with Gasteiger partial charge in [0.1, 0.15) is 0 Å². The Morgan fingerprint density at radius 1 is 1.79 bits per heavy atom. The van der Waals surface area contributed by atoms with E-state index in [1.807, 2.05) is 0 Å². The first-order chi connectivity index (χ1) is 6.66. The molecule has 1 heterocycles.